The first-order valence-electron chi connectivity index (χ1n) is 47.4. The molecule has 668 valence electrons. The van der Waals surface area contributed by atoms with Crippen LogP contribution in [0.5, 0.6) is 0 Å². The summed E-state index contributed by atoms with van der Waals surface area (Å²) in [5.41, 5.74) is 25.2. The summed E-state index contributed by atoms with van der Waals surface area (Å²) < 4.78 is 0. The lowest BCUT2D eigenvalue weighted by Gasteiger charge is -2.27. The van der Waals surface area contributed by atoms with Gasteiger partial charge in [0.05, 0.1) is 0 Å². The molecule has 0 atom stereocenters. The minimum Gasteiger partial charge on any atom is -0.345 e. The highest BCUT2D eigenvalue weighted by molar-refractivity contribution is 5.96. The number of benzene rings is 18. The fourth-order valence-electron chi connectivity index (χ4n) is 16.4. The van der Waals surface area contributed by atoms with Crippen LogP contribution in [0.1, 0.15) is 107 Å². The topological polar surface area (TPSA) is 22.7 Å². The van der Waals surface area contributed by atoms with E-state index in [0.717, 1.165) is 86.7 Å². The Balaban J connectivity index is 0.000000140. The molecule has 133 heavy (non-hydrogen) atoms. The molecule has 0 heterocycles. The van der Waals surface area contributed by atoms with E-state index in [1.54, 1.807) is 0 Å². The number of nitrogens with zero attached hydrogens (tertiary/aromatic N) is 7. The molecule has 0 N–H and O–H groups in total. The van der Waals surface area contributed by atoms with Gasteiger partial charge in [0.2, 0.25) is 0 Å². The first-order valence-corrected chi connectivity index (χ1v) is 47.4. The summed E-state index contributed by atoms with van der Waals surface area (Å²) in [5, 5.41) is 5.02. The molecule has 0 radical (unpaired) electrons. The Morgan fingerprint density at radius 2 is 0.451 bits per heavy atom. The van der Waals surface area contributed by atoms with E-state index in [2.05, 4.69) is 514 Å². The smallest absolute Gasteiger partial charge is 0.0487 e. The summed E-state index contributed by atoms with van der Waals surface area (Å²) in [6, 6.07) is 168. The van der Waals surface area contributed by atoms with Gasteiger partial charge in [-0.25, -0.2) is 0 Å². The van der Waals surface area contributed by atoms with Gasteiger partial charge in [-0.3, -0.25) is 0 Å². The van der Waals surface area contributed by atoms with Gasteiger partial charge in [0.1, 0.15) is 0 Å². The molecule has 0 saturated carbocycles. The molecule has 7 heteroatoms. The SMILES string of the molecule is C=Cc1ccc(N(C)c2ccccc2)cc1.CCCCCCCCCCCCc1ccc(CC)cc1.CCc1ccccc1.CN(c1ccc(N(c2ccccc2)c2ccccc2)cc1)c1ccc2ccccc2c1.CN(c1ccc(N(c2ccccc2)c2ccccc2)cc1)c1cccc2ccccc12.CN(c1ccccc1)c1ccc(N(c2ccccc2)c2ccccc2)cc1. The Morgan fingerprint density at radius 1 is 0.195 bits per heavy atom. The highest BCUT2D eigenvalue weighted by Gasteiger charge is 2.18. The summed E-state index contributed by atoms with van der Waals surface area (Å²) in [6.07, 6.45) is 19.7. The molecule has 0 aromatic heterocycles. The van der Waals surface area contributed by atoms with Crippen LogP contribution in [0.4, 0.5) is 96.7 Å². The van der Waals surface area contributed by atoms with Gasteiger partial charge in [0.25, 0.3) is 0 Å². The molecule has 18 aromatic rings. The van der Waals surface area contributed by atoms with Crippen LogP contribution in [-0.4, -0.2) is 28.2 Å². The van der Waals surface area contributed by atoms with Gasteiger partial charge < -0.3 is 34.3 Å². The fraction of sp³-hybridized carbons (Fsp3) is 0.159. The molecular weight excluding hydrogens is 1610 g/mol. The maximum atomic E-state index is 3.75. The van der Waals surface area contributed by atoms with Crippen LogP contribution < -0.4 is 34.3 Å². The fourth-order valence-corrected chi connectivity index (χ4v) is 16.4. The minimum atomic E-state index is 1.13. The average molecular weight is 1740 g/mol. The Kier molecular flexibility index (Phi) is 37.2. The summed E-state index contributed by atoms with van der Waals surface area (Å²) in [5.74, 6) is 0. The summed E-state index contributed by atoms with van der Waals surface area (Å²) in [6.45, 7) is 10.4. The number of fused-ring (bicyclic) bond motifs is 2. The Bertz CT molecular complexity index is 6170. The van der Waals surface area contributed by atoms with Crippen LogP contribution in [0.3, 0.4) is 0 Å². The zero-order valence-electron chi connectivity index (χ0n) is 78.7. The largest absolute Gasteiger partial charge is 0.345 e. The van der Waals surface area contributed by atoms with Crippen molar-refractivity contribution >= 4 is 124 Å². The van der Waals surface area contributed by atoms with E-state index in [1.807, 2.05) is 60.7 Å². The number of unbranched alkanes of at least 4 members (excludes halogenated alkanes) is 9. The van der Waals surface area contributed by atoms with E-state index in [1.165, 1.54) is 137 Å². The number of hydrogen-bond donors (Lipinski definition) is 0. The second-order valence-electron chi connectivity index (χ2n) is 33.2. The van der Waals surface area contributed by atoms with Crippen molar-refractivity contribution in [2.45, 2.75) is 104 Å². The highest BCUT2D eigenvalue weighted by Crippen LogP contribution is 2.41. The number of aryl methyl sites for hydroxylation is 3. The molecule has 0 bridgehead atoms. The minimum absolute atomic E-state index is 1.13. The van der Waals surface area contributed by atoms with Gasteiger partial charge in [0.15, 0.2) is 0 Å². The molecule has 0 amide bonds. The van der Waals surface area contributed by atoms with Crippen LogP contribution in [0.15, 0.2) is 486 Å². The maximum absolute atomic E-state index is 3.75. The van der Waals surface area contributed by atoms with E-state index >= 15 is 0 Å². The van der Waals surface area contributed by atoms with Gasteiger partial charge in [-0.1, -0.05) is 370 Å². The molecule has 0 aliphatic carbocycles. The highest BCUT2D eigenvalue weighted by atomic mass is 15.2. The molecule has 0 saturated heterocycles. The standard InChI is InChI=1S/2C29H24N2.C25H22N2.C20H34.C15H15N.C8H10/c1-30(29-18-10-12-23-11-8-9-17-28(23)29)24-19-21-27(22-20-24)31(25-13-4-2-5-14-25)26-15-6-3-7-16-26;1-30(29-17-16-23-10-8-9-11-24(23)22-29)25-18-20-28(21-19-25)31(26-12-4-2-5-13-26)27-14-6-3-7-15-27;1-26(21-11-5-2-6-12-21)22-17-19-25(20-18-22)27(23-13-7-3-8-14-23)24-15-9-4-10-16-24;1-3-5-6-7-8-9-10-11-12-13-14-20-17-15-19(4-2)16-18-20;1-3-13-9-11-15(12-10-13)16(2)14-7-5-4-6-8-14;1-2-8-6-4-3-5-7-8/h2*2-22H,1H3;2-20H,1H3;15-18H,3-14H2,1-2H3;3-12H,1H2,2H3;3-7H,2H2,1H3. The Labute approximate surface area is 793 Å². The molecule has 0 unspecified atom stereocenters. The van der Waals surface area contributed by atoms with Crippen LogP contribution in [0.25, 0.3) is 27.6 Å². The number of para-hydroxylation sites is 8. The second kappa shape index (κ2) is 51.9. The van der Waals surface area contributed by atoms with Gasteiger partial charge in [-0.15, -0.1) is 0 Å². The lowest BCUT2D eigenvalue weighted by molar-refractivity contribution is 0.556. The molecule has 18 rings (SSSR count). The second-order valence-corrected chi connectivity index (χ2v) is 33.2. The third kappa shape index (κ3) is 28.2. The molecule has 0 aliphatic heterocycles. The van der Waals surface area contributed by atoms with Crippen molar-refractivity contribution in [1.82, 2.24) is 0 Å². The van der Waals surface area contributed by atoms with Crippen molar-refractivity contribution < 1.29 is 0 Å². The van der Waals surface area contributed by atoms with Crippen LogP contribution in [0, 0.1) is 0 Å². The Morgan fingerprint density at radius 3 is 0.812 bits per heavy atom. The summed E-state index contributed by atoms with van der Waals surface area (Å²) >= 11 is 0. The van der Waals surface area contributed by atoms with Crippen LogP contribution >= 0.6 is 0 Å². The van der Waals surface area contributed by atoms with Gasteiger partial charge in [-0.2, -0.15) is 0 Å². The van der Waals surface area contributed by atoms with Crippen molar-refractivity contribution in [2.24, 2.45) is 0 Å². The average Bonchev–Trinajstić information content (AvgIpc) is 0.803. The first-order chi connectivity index (χ1) is 65.5. The predicted octanol–water partition coefficient (Wildman–Crippen LogP) is 36.1. The molecule has 7 nitrogen and oxygen atoms in total. The molecule has 0 fully saturated rings. The summed E-state index contributed by atoms with van der Waals surface area (Å²) in [7, 11) is 8.41. The van der Waals surface area contributed by atoms with Gasteiger partial charge in [0, 0.05) is 130 Å². The van der Waals surface area contributed by atoms with E-state index in [-0.39, 0.29) is 0 Å². The zero-order valence-corrected chi connectivity index (χ0v) is 78.7. The van der Waals surface area contributed by atoms with Crippen molar-refractivity contribution in [2.75, 3.05) is 62.5 Å². The van der Waals surface area contributed by atoms with Gasteiger partial charge >= 0.3 is 0 Å². The molecule has 0 aliphatic rings. The van der Waals surface area contributed by atoms with E-state index in [4.69, 9.17) is 0 Å². The quantitative estimate of drug-likeness (QED) is 0.0399. The van der Waals surface area contributed by atoms with Crippen LogP contribution in [0.2, 0.25) is 0 Å². The lowest BCUT2D eigenvalue weighted by atomic mass is 10.0. The van der Waals surface area contributed by atoms with Gasteiger partial charge in [-0.05, 0) is 264 Å². The van der Waals surface area contributed by atoms with E-state index in [9.17, 15) is 0 Å². The normalized spacial score (nSPS) is 10.5. The number of rotatable bonds is 31. The first kappa shape index (κ1) is 95.4. The lowest BCUT2D eigenvalue weighted by Crippen LogP contribution is -2.12. The van der Waals surface area contributed by atoms with E-state index < -0.39 is 0 Å². The number of hydrogen-bond acceptors (Lipinski definition) is 7. The number of anilines is 17. The Hall–Kier alpha value is -15.2. The van der Waals surface area contributed by atoms with Crippen molar-refractivity contribution in [3.63, 3.8) is 0 Å². The third-order valence-corrected chi connectivity index (χ3v) is 24.1. The zero-order chi connectivity index (χ0) is 92.2. The molecular formula is C126H129N7. The van der Waals surface area contributed by atoms with Crippen molar-refractivity contribution in [3.8, 4) is 0 Å². The monoisotopic (exact) mass is 1740 g/mol. The van der Waals surface area contributed by atoms with Crippen molar-refractivity contribution in [1.29, 1.82) is 0 Å². The van der Waals surface area contributed by atoms with Crippen LogP contribution in [-0.2, 0) is 19.3 Å². The van der Waals surface area contributed by atoms with E-state index in [0.29, 0.717) is 0 Å². The summed E-state index contributed by atoms with van der Waals surface area (Å²) in [4.78, 5) is 15.7. The maximum Gasteiger partial charge on any atom is 0.0487 e. The molecule has 18 aromatic carbocycles. The predicted molar refractivity (Wildman–Crippen MR) is 580 cm³/mol. The van der Waals surface area contributed by atoms with Crippen molar-refractivity contribution in [3.05, 3.63) is 508 Å². The third-order valence-electron chi connectivity index (χ3n) is 24.1. The molecule has 0 spiro atoms.